The summed E-state index contributed by atoms with van der Waals surface area (Å²) in [4.78, 5) is 29.4. The minimum absolute atomic E-state index is 0.0112. The number of halogens is 1. The average Bonchev–Trinajstić information content (AvgIpc) is 3.41. The monoisotopic (exact) mass is 422 g/mol. The number of pyridine rings is 1. The van der Waals surface area contributed by atoms with Crippen LogP contribution >= 0.6 is 0 Å². The summed E-state index contributed by atoms with van der Waals surface area (Å²) >= 11 is 0. The molecule has 3 aromatic rings. The molecule has 2 aromatic heterocycles. The third-order valence-corrected chi connectivity index (χ3v) is 5.07. The first-order valence-corrected chi connectivity index (χ1v) is 10.1. The van der Waals surface area contributed by atoms with Crippen LogP contribution in [0, 0.1) is 5.82 Å². The van der Waals surface area contributed by atoms with E-state index < -0.39 is 0 Å². The summed E-state index contributed by atoms with van der Waals surface area (Å²) in [6, 6.07) is 9.97. The van der Waals surface area contributed by atoms with E-state index in [0.717, 1.165) is 17.5 Å². The first-order chi connectivity index (χ1) is 15.1. The summed E-state index contributed by atoms with van der Waals surface area (Å²) in [5.41, 5.74) is 6.00. The summed E-state index contributed by atoms with van der Waals surface area (Å²) in [5.74, 6) is -0.448. The molecule has 9 heteroatoms. The van der Waals surface area contributed by atoms with Crippen LogP contribution in [0.2, 0.25) is 0 Å². The number of aromatic nitrogens is 3. The van der Waals surface area contributed by atoms with Crippen LogP contribution in [0.25, 0.3) is 11.3 Å². The number of benzene rings is 1. The Balaban J connectivity index is 1.28. The number of hydrogen-bond acceptors (Lipinski definition) is 5. The SMILES string of the molecule is O=C1CC[C@H](CNC(=O)c2ccc(-c3cnn(NCCc4cccc(F)c4)c3)nc2)N1. The zero-order valence-electron chi connectivity index (χ0n) is 16.8. The van der Waals surface area contributed by atoms with Crippen molar-refractivity contribution >= 4 is 11.8 Å². The van der Waals surface area contributed by atoms with Crippen LogP contribution < -0.4 is 16.1 Å². The van der Waals surface area contributed by atoms with Crippen molar-refractivity contribution in [3.63, 3.8) is 0 Å². The third-order valence-electron chi connectivity index (χ3n) is 5.07. The lowest BCUT2D eigenvalue weighted by atomic mass is 10.1. The number of amides is 2. The highest BCUT2D eigenvalue weighted by atomic mass is 19.1. The molecule has 1 atom stereocenters. The molecule has 3 heterocycles. The van der Waals surface area contributed by atoms with Crippen molar-refractivity contribution < 1.29 is 14.0 Å². The van der Waals surface area contributed by atoms with E-state index in [1.807, 2.05) is 6.07 Å². The van der Waals surface area contributed by atoms with Gasteiger partial charge in [-0.15, -0.1) is 0 Å². The van der Waals surface area contributed by atoms with Gasteiger partial charge in [-0.2, -0.15) is 9.89 Å². The molecule has 0 spiro atoms. The number of nitrogens with zero attached hydrogens (tertiary/aromatic N) is 3. The highest BCUT2D eigenvalue weighted by Gasteiger charge is 2.21. The fourth-order valence-corrected chi connectivity index (χ4v) is 3.40. The number of hydrogen-bond donors (Lipinski definition) is 3. The largest absolute Gasteiger partial charge is 0.352 e. The first-order valence-electron chi connectivity index (χ1n) is 10.1. The zero-order valence-corrected chi connectivity index (χ0v) is 16.8. The number of carbonyl (C=O) groups is 2. The van der Waals surface area contributed by atoms with Crippen LogP contribution in [0.1, 0.15) is 28.8 Å². The predicted molar refractivity (Wildman–Crippen MR) is 113 cm³/mol. The molecule has 2 amide bonds. The first kappa shape index (κ1) is 20.5. The van der Waals surface area contributed by atoms with Gasteiger partial charge in [-0.3, -0.25) is 14.6 Å². The van der Waals surface area contributed by atoms with Gasteiger partial charge in [-0.25, -0.2) is 4.39 Å². The van der Waals surface area contributed by atoms with Gasteiger partial charge in [0.1, 0.15) is 5.82 Å². The van der Waals surface area contributed by atoms with Gasteiger partial charge in [-0.1, -0.05) is 12.1 Å². The molecule has 31 heavy (non-hydrogen) atoms. The lowest BCUT2D eigenvalue weighted by Crippen LogP contribution is -2.38. The van der Waals surface area contributed by atoms with Gasteiger partial charge in [0.25, 0.3) is 5.91 Å². The Morgan fingerprint density at radius 3 is 2.90 bits per heavy atom. The third kappa shape index (κ3) is 5.44. The molecule has 1 aliphatic heterocycles. The molecule has 3 N–H and O–H groups in total. The molecule has 160 valence electrons. The second-order valence-corrected chi connectivity index (χ2v) is 7.41. The van der Waals surface area contributed by atoms with Crippen molar-refractivity contribution in [2.45, 2.75) is 25.3 Å². The van der Waals surface area contributed by atoms with Crippen molar-refractivity contribution in [2.75, 3.05) is 18.5 Å². The van der Waals surface area contributed by atoms with Crippen LogP contribution in [0.3, 0.4) is 0 Å². The van der Waals surface area contributed by atoms with Crippen molar-refractivity contribution in [3.8, 4) is 11.3 Å². The number of carbonyl (C=O) groups excluding carboxylic acids is 2. The number of rotatable bonds is 8. The van der Waals surface area contributed by atoms with Gasteiger partial charge in [-0.05, 0) is 42.7 Å². The van der Waals surface area contributed by atoms with Crippen molar-refractivity contribution in [2.24, 2.45) is 0 Å². The van der Waals surface area contributed by atoms with E-state index in [-0.39, 0.29) is 23.7 Å². The van der Waals surface area contributed by atoms with Crippen molar-refractivity contribution in [3.05, 3.63) is 71.9 Å². The molecule has 1 fully saturated rings. The van der Waals surface area contributed by atoms with E-state index in [4.69, 9.17) is 0 Å². The summed E-state index contributed by atoms with van der Waals surface area (Å²) in [5, 5.41) is 9.90. The summed E-state index contributed by atoms with van der Waals surface area (Å²) in [7, 11) is 0. The average molecular weight is 422 g/mol. The summed E-state index contributed by atoms with van der Waals surface area (Å²) < 4.78 is 13.2. The Hall–Kier alpha value is -3.75. The quantitative estimate of drug-likeness (QED) is 0.515. The molecular formula is C22H23FN6O2. The van der Waals surface area contributed by atoms with E-state index in [0.29, 0.717) is 37.2 Å². The topological polar surface area (TPSA) is 101 Å². The van der Waals surface area contributed by atoms with Crippen LogP contribution in [0.4, 0.5) is 4.39 Å². The molecule has 1 aromatic carbocycles. The van der Waals surface area contributed by atoms with Gasteiger partial charge >= 0.3 is 0 Å². The molecular weight excluding hydrogens is 399 g/mol. The summed E-state index contributed by atoms with van der Waals surface area (Å²) in [6.07, 6.45) is 6.91. The molecule has 0 radical (unpaired) electrons. The highest BCUT2D eigenvalue weighted by molar-refractivity contribution is 5.94. The lowest BCUT2D eigenvalue weighted by Gasteiger charge is -2.11. The smallest absolute Gasteiger partial charge is 0.252 e. The minimum Gasteiger partial charge on any atom is -0.352 e. The second kappa shape index (κ2) is 9.38. The fourth-order valence-electron chi connectivity index (χ4n) is 3.40. The minimum atomic E-state index is -0.243. The van der Waals surface area contributed by atoms with E-state index >= 15 is 0 Å². The van der Waals surface area contributed by atoms with Gasteiger partial charge < -0.3 is 16.1 Å². The molecule has 8 nitrogen and oxygen atoms in total. The Kier molecular flexibility index (Phi) is 6.21. The maximum atomic E-state index is 13.2. The van der Waals surface area contributed by atoms with Gasteiger partial charge in [0.2, 0.25) is 5.91 Å². The van der Waals surface area contributed by atoms with E-state index in [1.54, 1.807) is 35.4 Å². The normalized spacial score (nSPS) is 15.5. The molecule has 0 saturated carbocycles. The molecule has 0 bridgehead atoms. The molecule has 4 rings (SSSR count). The maximum Gasteiger partial charge on any atom is 0.252 e. The zero-order chi connectivity index (χ0) is 21.6. The van der Waals surface area contributed by atoms with E-state index in [1.165, 1.54) is 18.3 Å². The van der Waals surface area contributed by atoms with Crippen molar-refractivity contribution in [1.82, 2.24) is 25.5 Å². The standard InChI is InChI=1S/C22H23FN6O2/c23-18-3-1-2-15(10-18)8-9-26-29-14-17(12-27-29)20-6-4-16(11-24-20)22(31)25-13-19-5-7-21(30)28-19/h1-4,6,10-12,14,19,26H,5,7-9,13H2,(H,25,31)(H,28,30)/t19-/m1/s1. The molecule has 0 unspecified atom stereocenters. The van der Waals surface area contributed by atoms with Crippen LogP contribution in [0.5, 0.6) is 0 Å². The van der Waals surface area contributed by atoms with E-state index in [9.17, 15) is 14.0 Å². The molecule has 1 saturated heterocycles. The lowest BCUT2D eigenvalue weighted by molar-refractivity contribution is -0.119. The van der Waals surface area contributed by atoms with Gasteiger partial charge in [0, 0.05) is 37.3 Å². The number of nitrogens with one attached hydrogen (secondary N) is 3. The Labute approximate surface area is 178 Å². The Morgan fingerprint density at radius 2 is 2.16 bits per heavy atom. The summed E-state index contributed by atoms with van der Waals surface area (Å²) in [6.45, 7) is 0.999. The van der Waals surface area contributed by atoms with Gasteiger partial charge in [0.15, 0.2) is 0 Å². The predicted octanol–water partition coefficient (Wildman–Crippen LogP) is 1.88. The molecule has 1 aliphatic rings. The Bertz CT molecular complexity index is 1070. The second-order valence-electron chi connectivity index (χ2n) is 7.41. The van der Waals surface area contributed by atoms with Crippen molar-refractivity contribution in [1.29, 1.82) is 0 Å². The fraction of sp³-hybridized carbons (Fsp3) is 0.273. The van der Waals surface area contributed by atoms with Crippen LogP contribution in [0.15, 0.2) is 55.0 Å². The highest BCUT2D eigenvalue weighted by Crippen LogP contribution is 2.16. The van der Waals surface area contributed by atoms with Crippen LogP contribution in [-0.2, 0) is 11.2 Å². The van der Waals surface area contributed by atoms with Crippen LogP contribution in [-0.4, -0.2) is 45.8 Å². The maximum absolute atomic E-state index is 13.2. The van der Waals surface area contributed by atoms with Gasteiger partial charge in [0.05, 0.1) is 23.7 Å². The Morgan fingerprint density at radius 1 is 1.26 bits per heavy atom. The van der Waals surface area contributed by atoms with E-state index in [2.05, 4.69) is 26.1 Å². The molecule has 0 aliphatic carbocycles.